The van der Waals surface area contributed by atoms with Crippen LogP contribution in [0.4, 0.5) is 4.79 Å². The van der Waals surface area contributed by atoms with Gasteiger partial charge in [0, 0.05) is 0 Å². The molecule has 24 heavy (non-hydrogen) atoms. The lowest BCUT2D eigenvalue weighted by Gasteiger charge is -2.13. The maximum Gasteiger partial charge on any atom is 0.413 e. The molecule has 0 saturated carbocycles. The lowest BCUT2D eigenvalue weighted by atomic mass is 10.2. The Hall–Kier alpha value is -2.97. The third-order valence-electron chi connectivity index (χ3n) is 2.75. The normalized spacial score (nSPS) is 9.67. The Kier molecular flexibility index (Phi) is 7.34. The Morgan fingerprint density at radius 1 is 0.958 bits per heavy atom. The van der Waals surface area contributed by atoms with Crippen molar-refractivity contribution in [3.05, 3.63) is 17.7 Å². The third kappa shape index (κ3) is 5.04. The Balaban J connectivity index is 2.78. The second-order valence-corrected chi connectivity index (χ2v) is 4.26. The van der Waals surface area contributed by atoms with E-state index in [1.165, 1.54) is 33.5 Å². The lowest BCUT2D eigenvalue weighted by Crippen LogP contribution is -2.34. The number of hydrogen-bond donors (Lipinski definition) is 1. The molecule has 0 spiro atoms. The van der Waals surface area contributed by atoms with Gasteiger partial charge in [0.15, 0.2) is 18.1 Å². The summed E-state index contributed by atoms with van der Waals surface area (Å²) in [5, 5.41) is 1.90. The number of hydrogen-bond acceptors (Lipinski definition) is 8. The molecule has 2 amide bonds. The van der Waals surface area contributed by atoms with Crippen molar-refractivity contribution >= 4 is 18.0 Å². The van der Waals surface area contributed by atoms with E-state index in [1.54, 1.807) is 6.92 Å². The number of esters is 1. The number of ether oxygens (including phenoxy) is 5. The molecular weight excluding hydrogens is 322 g/mol. The molecule has 0 unspecified atom stereocenters. The van der Waals surface area contributed by atoms with Crippen molar-refractivity contribution in [3.63, 3.8) is 0 Å². The first kappa shape index (κ1) is 19.1. The van der Waals surface area contributed by atoms with Gasteiger partial charge in [-0.1, -0.05) is 0 Å². The molecule has 0 aliphatic carbocycles. The molecule has 9 nitrogen and oxygen atoms in total. The molecule has 0 atom stereocenters. The summed E-state index contributed by atoms with van der Waals surface area (Å²) in [6.07, 6.45) is -0.911. The van der Waals surface area contributed by atoms with Gasteiger partial charge in [0.25, 0.3) is 5.91 Å². The van der Waals surface area contributed by atoms with Crippen molar-refractivity contribution in [2.24, 2.45) is 0 Å². The smallest absolute Gasteiger partial charge is 0.413 e. The van der Waals surface area contributed by atoms with Crippen molar-refractivity contribution in [3.8, 4) is 17.2 Å². The minimum Gasteiger partial charge on any atom is -0.493 e. The monoisotopic (exact) mass is 341 g/mol. The van der Waals surface area contributed by atoms with Gasteiger partial charge in [-0.05, 0) is 19.1 Å². The largest absolute Gasteiger partial charge is 0.493 e. The Morgan fingerprint density at radius 3 is 2.00 bits per heavy atom. The number of alkyl carbamates (subject to hydrolysis) is 1. The zero-order valence-corrected chi connectivity index (χ0v) is 13.8. The molecule has 0 fully saturated rings. The van der Waals surface area contributed by atoms with Crippen molar-refractivity contribution in [2.75, 3.05) is 34.5 Å². The minimum absolute atomic E-state index is 0.0911. The van der Waals surface area contributed by atoms with E-state index in [1.807, 2.05) is 5.32 Å². The number of rotatable bonds is 7. The highest BCUT2D eigenvalue weighted by Gasteiger charge is 2.19. The van der Waals surface area contributed by atoms with E-state index in [2.05, 4.69) is 4.74 Å². The predicted molar refractivity (Wildman–Crippen MR) is 81.5 cm³/mol. The van der Waals surface area contributed by atoms with Crippen LogP contribution in [-0.4, -0.2) is 52.5 Å². The van der Waals surface area contributed by atoms with Crippen molar-refractivity contribution in [1.82, 2.24) is 5.32 Å². The van der Waals surface area contributed by atoms with Gasteiger partial charge in [-0.3, -0.25) is 10.1 Å². The van der Waals surface area contributed by atoms with E-state index in [4.69, 9.17) is 18.9 Å². The van der Waals surface area contributed by atoms with Crippen LogP contribution in [0.2, 0.25) is 0 Å². The molecule has 0 bridgehead atoms. The second kappa shape index (κ2) is 9.23. The fourth-order valence-electron chi connectivity index (χ4n) is 1.73. The first-order valence-electron chi connectivity index (χ1n) is 6.90. The molecule has 0 aliphatic rings. The Morgan fingerprint density at radius 2 is 1.54 bits per heavy atom. The SMILES string of the molecule is CCOC(=O)NC(=O)COC(=O)c1cc(OC)c(OC)c(OC)c1. The fraction of sp³-hybridized carbons (Fsp3) is 0.400. The van der Waals surface area contributed by atoms with Gasteiger partial charge < -0.3 is 23.7 Å². The maximum atomic E-state index is 12.0. The van der Waals surface area contributed by atoms with Crippen LogP contribution in [0.1, 0.15) is 17.3 Å². The molecule has 132 valence electrons. The van der Waals surface area contributed by atoms with Gasteiger partial charge in [0.2, 0.25) is 5.75 Å². The van der Waals surface area contributed by atoms with Crippen LogP contribution >= 0.6 is 0 Å². The average Bonchev–Trinajstić information content (AvgIpc) is 2.58. The molecule has 1 rings (SSSR count). The summed E-state index contributed by atoms with van der Waals surface area (Å²) in [6.45, 7) is 1.06. The molecule has 1 aromatic carbocycles. The molecular formula is C15H19NO8. The van der Waals surface area contributed by atoms with Gasteiger partial charge in [-0.25, -0.2) is 9.59 Å². The van der Waals surface area contributed by atoms with Gasteiger partial charge >= 0.3 is 12.1 Å². The number of benzene rings is 1. The summed E-state index contributed by atoms with van der Waals surface area (Å²) in [5.41, 5.74) is 0.0911. The highest BCUT2D eigenvalue weighted by Crippen LogP contribution is 2.38. The Labute approximate surface area is 138 Å². The average molecular weight is 341 g/mol. The topological polar surface area (TPSA) is 109 Å². The first-order valence-corrected chi connectivity index (χ1v) is 6.90. The van der Waals surface area contributed by atoms with Crippen molar-refractivity contribution in [1.29, 1.82) is 0 Å². The van der Waals surface area contributed by atoms with Gasteiger partial charge in [-0.2, -0.15) is 0 Å². The van der Waals surface area contributed by atoms with Crippen LogP contribution in [0.3, 0.4) is 0 Å². The van der Waals surface area contributed by atoms with E-state index in [0.717, 1.165) is 0 Å². The minimum atomic E-state index is -0.911. The molecule has 0 aromatic heterocycles. The zero-order valence-electron chi connectivity index (χ0n) is 13.8. The summed E-state index contributed by atoms with van der Waals surface area (Å²) in [4.78, 5) is 34.5. The lowest BCUT2D eigenvalue weighted by molar-refractivity contribution is -0.123. The highest BCUT2D eigenvalue weighted by molar-refractivity contribution is 5.96. The molecule has 0 radical (unpaired) electrons. The summed E-state index contributed by atoms with van der Waals surface area (Å²) in [6, 6.07) is 2.76. The number of imide groups is 1. The van der Waals surface area contributed by atoms with Crippen molar-refractivity contribution < 1.29 is 38.1 Å². The van der Waals surface area contributed by atoms with Crippen molar-refractivity contribution in [2.45, 2.75) is 6.92 Å². The van der Waals surface area contributed by atoms with E-state index in [-0.39, 0.29) is 23.7 Å². The molecule has 9 heteroatoms. The van der Waals surface area contributed by atoms with Crippen LogP contribution in [0.5, 0.6) is 17.2 Å². The number of methoxy groups -OCH3 is 3. The summed E-state index contributed by atoms with van der Waals surface area (Å²) < 4.78 is 24.7. The fourth-order valence-corrected chi connectivity index (χ4v) is 1.73. The quantitative estimate of drug-likeness (QED) is 0.735. The van der Waals surface area contributed by atoms with E-state index in [9.17, 15) is 14.4 Å². The molecule has 1 N–H and O–H groups in total. The van der Waals surface area contributed by atoms with Crippen LogP contribution in [0, 0.1) is 0 Å². The number of nitrogens with one attached hydrogen (secondary N) is 1. The zero-order chi connectivity index (χ0) is 18.1. The Bertz CT molecular complexity index is 588. The molecule has 0 aliphatic heterocycles. The first-order chi connectivity index (χ1) is 11.5. The molecule has 0 saturated heterocycles. The molecule has 1 aromatic rings. The number of carbonyl (C=O) groups is 3. The van der Waals surface area contributed by atoms with E-state index >= 15 is 0 Å². The van der Waals surface area contributed by atoms with E-state index in [0.29, 0.717) is 5.75 Å². The van der Waals surface area contributed by atoms with Crippen LogP contribution in [-0.2, 0) is 14.3 Å². The standard InChI is InChI=1S/C15H19NO8/c1-5-23-15(19)16-12(17)8-24-14(18)9-6-10(20-2)13(22-4)11(7-9)21-3/h6-7H,5,8H2,1-4H3,(H,16,17,19). The molecule has 0 heterocycles. The van der Waals surface area contributed by atoms with Crippen LogP contribution < -0.4 is 19.5 Å². The van der Waals surface area contributed by atoms with Gasteiger partial charge in [-0.15, -0.1) is 0 Å². The number of amides is 2. The van der Waals surface area contributed by atoms with Gasteiger partial charge in [0.05, 0.1) is 33.5 Å². The van der Waals surface area contributed by atoms with Gasteiger partial charge in [0.1, 0.15) is 0 Å². The summed E-state index contributed by atoms with van der Waals surface area (Å²) in [5.74, 6) is -0.765. The van der Waals surface area contributed by atoms with E-state index < -0.39 is 24.6 Å². The maximum absolute atomic E-state index is 12.0. The number of carbonyl (C=O) groups excluding carboxylic acids is 3. The summed E-state index contributed by atoms with van der Waals surface area (Å²) in [7, 11) is 4.23. The predicted octanol–water partition coefficient (Wildman–Crippen LogP) is 1.14. The summed E-state index contributed by atoms with van der Waals surface area (Å²) >= 11 is 0. The van der Waals surface area contributed by atoms with Crippen LogP contribution in [0.25, 0.3) is 0 Å². The second-order valence-electron chi connectivity index (χ2n) is 4.26. The van der Waals surface area contributed by atoms with Crippen LogP contribution in [0.15, 0.2) is 12.1 Å². The third-order valence-corrected chi connectivity index (χ3v) is 2.75. The highest BCUT2D eigenvalue weighted by atomic mass is 16.6.